The molecule has 2 rings (SSSR count). The third-order valence-electron chi connectivity index (χ3n) is 3.72. The minimum atomic E-state index is -0.504. The van der Waals surface area contributed by atoms with Crippen LogP contribution in [0.15, 0.2) is 36.4 Å². The Morgan fingerprint density at radius 2 is 1.86 bits per heavy atom. The van der Waals surface area contributed by atoms with Gasteiger partial charge in [-0.15, -0.1) is 0 Å². The molecule has 0 heterocycles. The molecule has 112 valence electrons. The Labute approximate surface area is 126 Å². The van der Waals surface area contributed by atoms with Gasteiger partial charge in [0.15, 0.2) is 0 Å². The first-order valence-electron chi connectivity index (χ1n) is 7.07. The lowest BCUT2D eigenvalue weighted by atomic mass is 10.1. The monoisotopic (exact) mass is 286 g/mol. The maximum absolute atomic E-state index is 9.70. The van der Waals surface area contributed by atoms with Gasteiger partial charge in [-0.3, -0.25) is 0 Å². The van der Waals surface area contributed by atoms with E-state index in [0.717, 1.165) is 28.2 Å². The number of benzene rings is 2. The van der Waals surface area contributed by atoms with Crippen LogP contribution in [0.25, 0.3) is 0 Å². The molecular weight excluding hydrogens is 264 g/mol. The zero-order chi connectivity index (χ0) is 15.4. The van der Waals surface area contributed by atoms with E-state index in [0.29, 0.717) is 6.61 Å². The number of hydrogen-bond donors (Lipinski definition) is 1. The molecule has 1 atom stereocenters. The minimum absolute atomic E-state index is 0.411. The summed E-state index contributed by atoms with van der Waals surface area (Å²) in [6.07, 6.45) is -0.504. The van der Waals surface area contributed by atoms with Crippen LogP contribution in [0.2, 0.25) is 0 Å². The van der Waals surface area contributed by atoms with Gasteiger partial charge in [0.25, 0.3) is 0 Å². The number of aliphatic hydroxyl groups is 1. The molecule has 0 spiro atoms. The Hall–Kier alpha value is -2.00. The first-order valence-corrected chi connectivity index (χ1v) is 7.07. The van der Waals surface area contributed by atoms with Crippen molar-refractivity contribution in [2.75, 3.05) is 7.11 Å². The van der Waals surface area contributed by atoms with Gasteiger partial charge in [-0.2, -0.15) is 0 Å². The molecule has 0 bridgehead atoms. The predicted molar refractivity (Wildman–Crippen MR) is 83.9 cm³/mol. The summed E-state index contributed by atoms with van der Waals surface area (Å²) in [7, 11) is 1.64. The van der Waals surface area contributed by atoms with Crippen LogP contribution in [0, 0.1) is 13.8 Å². The van der Waals surface area contributed by atoms with Crippen LogP contribution in [0.3, 0.4) is 0 Å². The second kappa shape index (κ2) is 6.64. The van der Waals surface area contributed by atoms with E-state index in [1.807, 2.05) is 37.3 Å². The Bertz CT molecular complexity index is 618. The van der Waals surface area contributed by atoms with Crippen molar-refractivity contribution in [3.05, 3.63) is 58.7 Å². The molecule has 21 heavy (non-hydrogen) atoms. The molecule has 0 aliphatic rings. The third-order valence-corrected chi connectivity index (χ3v) is 3.72. The zero-order valence-electron chi connectivity index (χ0n) is 13.0. The summed E-state index contributed by atoms with van der Waals surface area (Å²) in [4.78, 5) is 0. The summed E-state index contributed by atoms with van der Waals surface area (Å²) in [6, 6.07) is 11.7. The van der Waals surface area contributed by atoms with Crippen molar-refractivity contribution in [1.29, 1.82) is 0 Å². The van der Waals surface area contributed by atoms with E-state index in [9.17, 15) is 5.11 Å². The van der Waals surface area contributed by atoms with E-state index in [1.165, 1.54) is 5.56 Å². The van der Waals surface area contributed by atoms with Gasteiger partial charge in [0, 0.05) is 5.56 Å². The number of rotatable bonds is 5. The van der Waals surface area contributed by atoms with Crippen molar-refractivity contribution in [3.8, 4) is 11.5 Å². The molecule has 0 saturated heterocycles. The molecule has 0 aromatic heterocycles. The van der Waals surface area contributed by atoms with Gasteiger partial charge in [-0.05, 0) is 55.7 Å². The number of methoxy groups -OCH3 is 1. The molecule has 0 aliphatic heterocycles. The van der Waals surface area contributed by atoms with E-state index in [4.69, 9.17) is 9.47 Å². The molecule has 3 nitrogen and oxygen atoms in total. The standard InChI is InChI=1S/C18H22O3/c1-12-6-5-7-17(13(12)2)21-11-16-10-15(14(3)19)8-9-18(16)20-4/h5-10,14,19H,11H2,1-4H3. The topological polar surface area (TPSA) is 38.7 Å². The maximum atomic E-state index is 9.70. The highest BCUT2D eigenvalue weighted by atomic mass is 16.5. The highest BCUT2D eigenvalue weighted by Gasteiger charge is 2.09. The van der Waals surface area contributed by atoms with E-state index in [1.54, 1.807) is 14.0 Å². The highest BCUT2D eigenvalue weighted by Crippen LogP contribution is 2.26. The Balaban J connectivity index is 2.22. The Morgan fingerprint density at radius 1 is 1.10 bits per heavy atom. The van der Waals surface area contributed by atoms with Crippen LogP contribution in [0.5, 0.6) is 11.5 Å². The molecule has 2 aromatic rings. The van der Waals surface area contributed by atoms with Crippen LogP contribution in [-0.2, 0) is 6.61 Å². The largest absolute Gasteiger partial charge is 0.496 e. The smallest absolute Gasteiger partial charge is 0.125 e. The lowest BCUT2D eigenvalue weighted by Gasteiger charge is -2.15. The van der Waals surface area contributed by atoms with Crippen molar-refractivity contribution in [2.45, 2.75) is 33.5 Å². The molecule has 0 saturated carbocycles. The molecule has 3 heteroatoms. The van der Waals surface area contributed by atoms with E-state index in [2.05, 4.69) is 13.0 Å². The normalized spacial score (nSPS) is 12.0. The lowest BCUT2D eigenvalue weighted by Crippen LogP contribution is -2.02. The summed E-state index contributed by atoms with van der Waals surface area (Å²) < 4.78 is 11.3. The van der Waals surface area contributed by atoms with Crippen LogP contribution < -0.4 is 9.47 Å². The molecular formula is C18H22O3. The van der Waals surface area contributed by atoms with Gasteiger partial charge in [0.1, 0.15) is 18.1 Å². The number of ether oxygens (including phenoxy) is 2. The summed E-state index contributed by atoms with van der Waals surface area (Å²) in [5, 5.41) is 9.70. The molecule has 1 N–H and O–H groups in total. The van der Waals surface area contributed by atoms with Crippen molar-refractivity contribution in [3.63, 3.8) is 0 Å². The quantitative estimate of drug-likeness (QED) is 0.904. The second-order valence-corrected chi connectivity index (χ2v) is 5.23. The molecule has 0 fully saturated rings. The molecule has 0 amide bonds. The van der Waals surface area contributed by atoms with Crippen molar-refractivity contribution in [1.82, 2.24) is 0 Å². The molecule has 0 aliphatic carbocycles. The van der Waals surface area contributed by atoms with Gasteiger partial charge in [0.2, 0.25) is 0 Å². The van der Waals surface area contributed by atoms with E-state index < -0.39 is 6.10 Å². The van der Waals surface area contributed by atoms with Crippen LogP contribution >= 0.6 is 0 Å². The van der Waals surface area contributed by atoms with E-state index in [-0.39, 0.29) is 0 Å². The lowest BCUT2D eigenvalue weighted by molar-refractivity contribution is 0.198. The van der Waals surface area contributed by atoms with Crippen LogP contribution in [0.4, 0.5) is 0 Å². The minimum Gasteiger partial charge on any atom is -0.496 e. The van der Waals surface area contributed by atoms with Crippen molar-refractivity contribution in [2.24, 2.45) is 0 Å². The average Bonchev–Trinajstić information content (AvgIpc) is 2.48. The first kappa shape index (κ1) is 15.4. The average molecular weight is 286 g/mol. The highest BCUT2D eigenvalue weighted by molar-refractivity contribution is 5.40. The molecule has 0 radical (unpaired) electrons. The fraction of sp³-hybridized carbons (Fsp3) is 0.333. The third kappa shape index (κ3) is 3.56. The summed E-state index contributed by atoms with van der Waals surface area (Å²) in [6.45, 7) is 6.27. The van der Waals surface area contributed by atoms with Gasteiger partial charge >= 0.3 is 0 Å². The number of aliphatic hydroxyl groups excluding tert-OH is 1. The first-order chi connectivity index (χ1) is 10.0. The number of aryl methyl sites for hydroxylation is 1. The fourth-order valence-corrected chi connectivity index (χ4v) is 2.21. The second-order valence-electron chi connectivity index (χ2n) is 5.23. The van der Waals surface area contributed by atoms with Gasteiger partial charge in [-0.1, -0.05) is 18.2 Å². The fourth-order valence-electron chi connectivity index (χ4n) is 2.21. The van der Waals surface area contributed by atoms with Crippen molar-refractivity contribution < 1.29 is 14.6 Å². The maximum Gasteiger partial charge on any atom is 0.125 e. The van der Waals surface area contributed by atoms with Crippen LogP contribution in [0.1, 0.15) is 35.3 Å². The Morgan fingerprint density at radius 3 is 2.52 bits per heavy atom. The predicted octanol–water partition coefficient (Wildman–Crippen LogP) is 3.94. The van der Waals surface area contributed by atoms with Gasteiger partial charge < -0.3 is 14.6 Å². The summed E-state index contributed by atoms with van der Waals surface area (Å²) >= 11 is 0. The van der Waals surface area contributed by atoms with E-state index >= 15 is 0 Å². The van der Waals surface area contributed by atoms with Crippen molar-refractivity contribution >= 4 is 0 Å². The summed E-state index contributed by atoms with van der Waals surface area (Å²) in [5.74, 6) is 1.64. The SMILES string of the molecule is COc1ccc(C(C)O)cc1COc1cccc(C)c1C. The zero-order valence-corrected chi connectivity index (χ0v) is 13.0. The van der Waals surface area contributed by atoms with Gasteiger partial charge in [0.05, 0.1) is 13.2 Å². The summed E-state index contributed by atoms with van der Waals surface area (Å²) in [5.41, 5.74) is 4.13. The molecule has 1 unspecified atom stereocenters. The Kier molecular flexibility index (Phi) is 4.86. The molecule has 2 aromatic carbocycles. The van der Waals surface area contributed by atoms with Crippen LogP contribution in [-0.4, -0.2) is 12.2 Å². The van der Waals surface area contributed by atoms with Gasteiger partial charge in [-0.25, -0.2) is 0 Å². The number of hydrogen-bond acceptors (Lipinski definition) is 3.